The third-order valence-electron chi connectivity index (χ3n) is 3.17. The van der Waals surface area contributed by atoms with E-state index in [1.54, 1.807) is 0 Å². The molecule has 4 nitrogen and oxygen atoms in total. The van der Waals surface area contributed by atoms with Crippen molar-refractivity contribution in [3.8, 4) is 0 Å². The lowest BCUT2D eigenvalue weighted by Crippen LogP contribution is -2.31. The predicted molar refractivity (Wildman–Crippen MR) is 92.7 cm³/mol. The summed E-state index contributed by atoms with van der Waals surface area (Å²) in [7, 11) is 0. The van der Waals surface area contributed by atoms with Crippen molar-refractivity contribution in [1.82, 2.24) is 10.3 Å². The number of carbonyl (C=O) groups excluding carboxylic acids is 1. The highest BCUT2D eigenvalue weighted by Crippen LogP contribution is 2.18. The van der Waals surface area contributed by atoms with Gasteiger partial charge in [-0.25, -0.2) is 0 Å². The van der Waals surface area contributed by atoms with Gasteiger partial charge < -0.3 is 16.0 Å². The summed E-state index contributed by atoms with van der Waals surface area (Å²) in [6.45, 7) is 3.89. The second kappa shape index (κ2) is 7.31. The van der Waals surface area contributed by atoms with Crippen LogP contribution in [0.25, 0.3) is 10.9 Å². The number of aromatic nitrogens is 1. The highest BCUT2D eigenvalue weighted by Gasteiger charge is 2.10. The molecule has 1 unspecified atom stereocenters. The first kappa shape index (κ1) is 15.6. The summed E-state index contributed by atoms with van der Waals surface area (Å²) in [5, 5.41) is 3.86. The molecule has 0 aliphatic carbocycles. The van der Waals surface area contributed by atoms with Gasteiger partial charge in [0.15, 0.2) is 0 Å². The van der Waals surface area contributed by atoms with E-state index in [-0.39, 0.29) is 11.9 Å². The number of anilines is 1. The van der Waals surface area contributed by atoms with Crippen molar-refractivity contribution in [2.45, 2.75) is 19.9 Å². The number of fused-ring (bicyclic) bond motifs is 1. The van der Waals surface area contributed by atoms with Crippen LogP contribution in [-0.4, -0.2) is 16.9 Å². The van der Waals surface area contributed by atoms with Crippen LogP contribution in [0.1, 0.15) is 24.3 Å². The Morgan fingerprint density at radius 3 is 2.77 bits per heavy atom. The number of allylic oxidation sites excluding steroid dienone is 5. The Morgan fingerprint density at radius 1 is 1.23 bits per heavy atom. The molecular weight excluding hydrogens is 274 g/mol. The van der Waals surface area contributed by atoms with Gasteiger partial charge in [0.05, 0.1) is 0 Å². The van der Waals surface area contributed by atoms with Gasteiger partial charge in [0.25, 0.3) is 5.91 Å². The standard InChI is InChI=1S/C18H21N3O/c1-3-4-5-6-7-8-13(2)20-18(22)17-12-14-11-15(19)9-10-16(14)21-17/h3-13,21H,19H2,1-2H3,(H,20,22)/b4-3-,6-5-,8-7+. The summed E-state index contributed by atoms with van der Waals surface area (Å²) in [5.41, 5.74) is 7.86. The number of carbonyl (C=O) groups is 1. The molecule has 0 spiro atoms. The van der Waals surface area contributed by atoms with Crippen LogP contribution in [0.4, 0.5) is 5.69 Å². The first-order valence-electron chi connectivity index (χ1n) is 7.25. The Kier molecular flexibility index (Phi) is 5.20. The van der Waals surface area contributed by atoms with Gasteiger partial charge in [-0.2, -0.15) is 0 Å². The average molecular weight is 295 g/mol. The molecule has 1 aromatic carbocycles. The highest BCUT2D eigenvalue weighted by atomic mass is 16.1. The molecule has 114 valence electrons. The number of nitrogens with two attached hydrogens (primary N) is 1. The quantitative estimate of drug-likeness (QED) is 0.583. The molecule has 0 radical (unpaired) electrons. The third kappa shape index (κ3) is 4.12. The van der Waals surface area contributed by atoms with Crippen LogP contribution in [0, 0.1) is 0 Å². The monoisotopic (exact) mass is 295 g/mol. The first-order valence-corrected chi connectivity index (χ1v) is 7.25. The molecule has 0 saturated heterocycles. The maximum atomic E-state index is 12.2. The van der Waals surface area contributed by atoms with Crippen LogP contribution in [0.2, 0.25) is 0 Å². The molecule has 2 rings (SSSR count). The van der Waals surface area contributed by atoms with Crippen molar-refractivity contribution in [3.63, 3.8) is 0 Å². The van der Waals surface area contributed by atoms with Gasteiger partial charge in [-0.15, -0.1) is 0 Å². The molecular formula is C18H21N3O. The lowest BCUT2D eigenvalue weighted by Gasteiger charge is -2.07. The highest BCUT2D eigenvalue weighted by molar-refractivity contribution is 5.98. The van der Waals surface area contributed by atoms with E-state index in [9.17, 15) is 4.79 Å². The molecule has 0 aliphatic rings. The third-order valence-corrected chi connectivity index (χ3v) is 3.17. The number of nitrogen functional groups attached to an aromatic ring is 1. The van der Waals surface area contributed by atoms with E-state index in [1.807, 2.05) is 74.6 Å². The number of hydrogen-bond donors (Lipinski definition) is 3. The summed E-state index contributed by atoms with van der Waals surface area (Å²) < 4.78 is 0. The van der Waals surface area contributed by atoms with E-state index in [0.717, 1.165) is 10.9 Å². The minimum atomic E-state index is -0.135. The summed E-state index contributed by atoms with van der Waals surface area (Å²) in [6, 6.07) is 7.28. The Balaban J connectivity index is 2.01. The zero-order chi connectivity index (χ0) is 15.9. The summed E-state index contributed by atoms with van der Waals surface area (Å²) in [6.07, 6.45) is 11.6. The Labute approximate surface area is 130 Å². The van der Waals surface area contributed by atoms with Crippen molar-refractivity contribution in [3.05, 3.63) is 66.4 Å². The molecule has 1 atom stereocenters. The largest absolute Gasteiger partial charge is 0.399 e. The smallest absolute Gasteiger partial charge is 0.268 e. The van der Waals surface area contributed by atoms with Crippen LogP contribution >= 0.6 is 0 Å². The Bertz CT molecular complexity index is 738. The number of amides is 1. The van der Waals surface area contributed by atoms with E-state index in [1.165, 1.54) is 0 Å². The second-order valence-electron chi connectivity index (χ2n) is 5.09. The Hall–Kier alpha value is -2.75. The molecule has 0 bridgehead atoms. The van der Waals surface area contributed by atoms with Gasteiger partial charge in [-0.1, -0.05) is 36.5 Å². The summed E-state index contributed by atoms with van der Waals surface area (Å²) >= 11 is 0. The van der Waals surface area contributed by atoms with Crippen LogP contribution < -0.4 is 11.1 Å². The molecule has 4 N–H and O–H groups in total. The molecule has 0 fully saturated rings. The lowest BCUT2D eigenvalue weighted by atomic mass is 10.2. The number of benzene rings is 1. The first-order chi connectivity index (χ1) is 10.6. The summed E-state index contributed by atoms with van der Waals surface area (Å²) in [5.74, 6) is -0.135. The van der Waals surface area contributed by atoms with E-state index in [2.05, 4.69) is 10.3 Å². The fourth-order valence-electron chi connectivity index (χ4n) is 2.08. The van der Waals surface area contributed by atoms with Crippen molar-refractivity contribution >= 4 is 22.5 Å². The number of hydrogen-bond acceptors (Lipinski definition) is 2. The lowest BCUT2D eigenvalue weighted by molar-refractivity contribution is 0.0943. The summed E-state index contributed by atoms with van der Waals surface area (Å²) in [4.78, 5) is 15.3. The molecule has 0 saturated carbocycles. The van der Waals surface area contributed by atoms with Crippen molar-refractivity contribution in [2.24, 2.45) is 0 Å². The normalized spacial score (nSPS) is 13.5. The number of H-pyrrole nitrogens is 1. The van der Waals surface area contributed by atoms with Gasteiger partial charge in [-0.3, -0.25) is 4.79 Å². The number of nitrogens with one attached hydrogen (secondary N) is 2. The van der Waals surface area contributed by atoms with E-state index < -0.39 is 0 Å². The molecule has 22 heavy (non-hydrogen) atoms. The van der Waals surface area contributed by atoms with Gasteiger partial charge in [0, 0.05) is 22.6 Å². The van der Waals surface area contributed by atoms with E-state index in [0.29, 0.717) is 11.4 Å². The maximum absolute atomic E-state index is 12.2. The van der Waals surface area contributed by atoms with Crippen LogP contribution in [0.15, 0.2) is 60.7 Å². The van der Waals surface area contributed by atoms with Gasteiger partial charge in [-0.05, 0) is 38.1 Å². The second-order valence-corrected chi connectivity index (χ2v) is 5.09. The van der Waals surface area contributed by atoms with Crippen LogP contribution in [0.3, 0.4) is 0 Å². The van der Waals surface area contributed by atoms with E-state index in [4.69, 9.17) is 5.73 Å². The maximum Gasteiger partial charge on any atom is 0.268 e. The van der Waals surface area contributed by atoms with Gasteiger partial charge >= 0.3 is 0 Å². The number of aromatic amines is 1. The fraction of sp³-hybridized carbons (Fsp3) is 0.167. The number of rotatable bonds is 5. The minimum Gasteiger partial charge on any atom is -0.399 e. The predicted octanol–water partition coefficient (Wildman–Crippen LogP) is 3.56. The SMILES string of the molecule is C\C=C/C=C\C=C\C(C)NC(=O)c1cc2cc(N)ccc2[nH]1. The van der Waals surface area contributed by atoms with Gasteiger partial charge in [0.1, 0.15) is 5.69 Å². The fourth-order valence-corrected chi connectivity index (χ4v) is 2.08. The van der Waals surface area contributed by atoms with Crippen molar-refractivity contribution < 1.29 is 4.79 Å². The molecule has 1 heterocycles. The molecule has 1 amide bonds. The average Bonchev–Trinajstić information content (AvgIpc) is 2.90. The zero-order valence-corrected chi connectivity index (χ0v) is 12.8. The van der Waals surface area contributed by atoms with E-state index >= 15 is 0 Å². The zero-order valence-electron chi connectivity index (χ0n) is 12.8. The molecule has 1 aromatic heterocycles. The molecule has 2 aromatic rings. The van der Waals surface area contributed by atoms with Crippen molar-refractivity contribution in [2.75, 3.05) is 5.73 Å². The minimum absolute atomic E-state index is 0.0563. The Morgan fingerprint density at radius 2 is 2.00 bits per heavy atom. The van der Waals surface area contributed by atoms with Crippen LogP contribution in [0.5, 0.6) is 0 Å². The van der Waals surface area contributed by atoms with Gasteiger partial charge in [0.2, 0.25) is 0 Å². The molecule has 0 aliphatic heterocycles. The topological polar surface area (TPSA) is 70.9 Å². The molecule has 4 heteroatoms. The van der Waals surface area contributed by atoms with Crippen LogP contribution in [-0.2, 0) is 0 Å². The van der Waals surface area contributed by atoms with Crippen molar-refractivity contribution in [1.29, 1.82) is 0 Å².